The van der Waals surface area contributed by atoms with E-state index in [0.717, 1.165) is 35.7 Å². The monoisotopic (exact) mass is 498 g/mol. The number of carbonyl (C=O) groups is 1. The Kier molecular flexibility index (Phi) is 5.35. The highest BCUT2D eigenvalue weighted by molar-refractivity contribution is 6.05. The molecule has 0 bridgehead atoms. The van der Waals surface area contributed by atoms with Crippen LogP contribution in [-0.2, 0) is 11.3 Å². The van der Waals surface area contributed by atoms with Gasteiger partial charge in [-0.05, 0) is 31.0 Å². The molecule has 3 aromatic heterocycles. The van der Waals surface area contributed by atoms with E-state index in [-0.39, 0.29) is 5.91 Å². The number of anilines is 2. The van der Waals surface area contributed by atoms with Crippen LogP contribution < -0.4 is 15.0 Å². The Balaban J connectivity index is 1.23. The molecule has 2 aliphatic heterocycles. The maximum absolute atomic E-state index is 13.5. The second-order valence-corrected chi connectivity index (χ2v) is 9.47. The Hall–Kier alpha value is -4.25. The summed E-state index contributed by atoms with van der Waals surface area (Å²) >= 11 is 0. The van der Waals surface area contributed by atoms with Crippen molar-refractivity contribution in [3.8, 4) is 22.8 Å². The number of rotatable bonds is 5. The third kappa shape index (κ3) is 4.10. The molecule has 0 unspecified atom stereocenters. The van der Waals surface area contributed by atoms with Crippen LogP contribution in [0.2, 0.25) is 0 Å². The molecule has 5 heterocycles. The number of nitrogens with one attached hydrogen (secondary N) is 1. The average molecular weight is 499 g/mol. The lowest BCUT2D eigenvalue weighted by molar-refractivity contribution is 0.102. The molecule has 1 saturated heterocycles. The zero-order valence-electron chi connectivity index (χ0n) is 20.2. The van der Waals surface area contributed by atoms with Gasteiger partial charge in [-0.15, -0.1) is 10.2 Å². The van der Waals surface area contributed by atoms with Crippen LogP contribution in [0.3, 0.4) is 0 Å². The molecule has 1 aromatic carbocycles. The summed E-state index contributed by atoms with van der Waals surface area (Å²) in [6.45, 7) is 3.93. The smallest absolute Gasteiger partial charge is 0.274 e. The summed E-state index contributed by atoms with van der Waals surface area (Å²) in [5, 5.41) is 11.3. The first kappa shape index (κ1) is 22.0. The van der Waals surface area contributed by atoms with Gasteiger partial charge in [-0.25, -0.2) is 9.97 Å². The molecule has 0 atom stereocenters. The number of amides is 1. The summed E-state index contributed by atoms with van der Waals surface area (Å²) in [6, 6.07) is 7.44. The number of nitrogens with zero attached hydrogens (tertiary/aromatic N) is 7. The van der Waals surface area contributed by atoms with Crippen LogP contribution in [0.5, 0.6) is 5.75 Å². The van der Waals surface area contributed by atoms with Gasteiger partial charge in [0.1, 0.15) is 18.6 Å². The van der Waals surface area contributed by atoms with E-state index in [1.54, 1.807) is 12.5 Å². The molecule has 2 fully saturated rings. The number of para-hydroxylation sites is 1. The molecule has 1 amide bonds. The predicted octanol–water partition coefficient (Wildman–Crippen LogP) is 2.88. The lowest BCUT2D eigenvalue weighted by Crippen LogP contribution is -2.37. The highest BCUT2D eigenvalue weighted by atomic mass is 16.5. The van der Waals surface area contributed by atoms with Gasteiger partial charge in [-0.1, -0.05) is 6.07 Å². The maximum atomic E-state index is 13.5. The van der Waals surface area contributed by atoms with Crippen molar-refractivity contribution in [3.63, 3.8) is 0 Å². The fourth-order valence-electron chi connectivity index (χ4n) is 4.90. The maximum Gasteiger partial charge on any atom is 0.274 e. The molecule has 37 heavy (non-hydrogen) atoms. The number of benzene rings is 1. The van der Waals surface area contributed by atoms with Gasteiger partial charge in [0, 0.05) is 25.2 Å². The van der Waals surface area contributed by atoms with E-state index in [1.165, 1.54) is 12.8 Å². The zero-order valence-corrected chi connectivity index (χ0v) is 20.2. The fraction of sp³-hybridized carbons (Fsp3) is 0.346. The summed E-state index contributed by atoms with van der Waals surface area (Å²) in [5.41, 5.74) is 4.58. The van der Waals surface area contributed by atoms with Crippen LogP contribution in [0.25, 0.3) is 17.1 Å². The highest BCUT2D eigenvalue weighted by Gasteiger charge is 2.27. The number of pyridine rings is 1. The van der Waals surface area contributed by atoms with Crippen LogP contribution in [-0.4, -0.2) is 68.1 Å². The van der Waals surface area contributed by atoms with Gasteiger partial charge >= 0.3 is 0 Å². The van der Waals surface area contributed by atoms with Gasteiger partial charge < -0.3 is 28.8 Å². The van der Waals surface area contributed by atoms with Crippen molar-refractivity contribution in [2.75, 3.05) is 43.1 Å². The first-order chi connectivity index (χ1) is 18.2. The highest BCUT2D eigenvalue weighted by Crippen LogP contribution is 2.40. The number of ether oxygens (including phenoxy) is 2. The van der Waals surface area contributed by atoms with E-state index in [9.17, 15) is 4.79 Å². The zero-order chi connectivity index (χ0) is 24.8. The number of carbonyl (C=O) groups excluding carboxylic acids is 1. The van der Waals surface area contributed by atoms with Gasteiger partial charge in [0.15, 0.2) is 11.6 Å². The average Bonchev–Trinajstić information content (AvgIpc) is 3.54. The van der Waals surface area contributed by atoms with E-state index in [0.29, 0.717) is 55.2 Å². The van der Waals surface area contributed by atoms with Crippen molar-refractivity contribution in [2.45, 2.75) is 25.3 Å². The van der Waals surface area contributed by atoms with Crippen molar-refractivity contribution in [1.82, 2.24) is 29.3 Å². The lowest BCUT2D eigenvalue weighted by Gasteiger charge is -2.30. The quantitative estimate of drug-likeness (QED) is 0.447. The van der Waals surface area contributed by atoms with Crippen molar-refractivity contribution >= 4 is 17.3 Å². The van der Waals surface area contributed by atoms with E-state index in [1.807, 2.05) is 39.7 Å². The van der Waals surface area contributed by atoms with Gasteiger partial charge in [-0.3, -0.25) is 4.79 Å². The third-order valence-electron chi connectivity index (χ3n) is 7.02. The summed E-state index contributed by atoms with van der Waals surface area (Å²) in [6.07, 6.45) is 9.71. The number of morpholine rings is 1. The second-order valence-electron chi connectivity index (χ2n) is 9.47. The van der Waals surface area contributed by atoms with Crippen LogP contribution in [0.1, 0.15) is 34.9 Å². The van der Waals surface area contributed by atoms with Gasteiger partial charge in [-0.2, -0.15) is 0 Å². The van der Waals surface area contributed by atoms with Gasteiger partial charge in [0.05, 0.1) is 60.6 Å². The Morgan fingerprint density at radius 1 is 1.03 bits per heavy atom. The van der Waals surface area contributed by atoms with E-state index >= 15 is 0 Å². The van der Waals surface area contributed by atoms with E-state index in [4.69, 9.17) is 9.47 Å². The predicted molar refractivity (Wildman–Crippen MR) is 135 cm³/mol. The third-order valence-corrected chi connectivity index (χ3v) is 7.02. The first-order valence-electron chi connectivity index (χ1n) is 12.6. The standard InChI is InChI=1S/C26H26N8O3/c35-26(30-19-3-1-2-18-24(19)37-11-8-33-16-29-31-25(18)33)20-12-22(34-14-21(28-15-34)17-4-5-17)23(13-27-20)32-6-9-36-10-7-32/h1-3,12-17H,4-11H2,(H,30,35). The molecule has 0 radical (unpaired) electrons. The molecular formula is C26H26N8O3. The summed E-state index contributed by atoms with van der Waals surface area (Å²) in [4.78, 5) is 24.9. The Morgan fingerprint density at radius 2 is 1.92 bits per heavy atom. The first-order valence-corrected chi connectivity index (χ1v) is 12.6. The Labute approximate surface area is 213 Å². The minimum absolute atomic E-state index is 0.308. The Morgan fingerprint density at radius 3 is 2.78 bits per heavy atom. The molecule has 1 N–H and O–H groups in total. The molecule has 11 nitrogen and oxygen atoms in total. The minimum Gasteiger partial charge on any atom is -0.489 e. The number of hydrogen-bond donors (Lipinski definition) is 1. The van der Waals surface area contributed by atoms with Crippen molar-refractivity contribution in [3.05, 3.63) is 60.7 Å². The molecule has 11 heteroatoms. The van der Waals surface area contributed by atoms with Crippen LogP contribution in [0, 0.1) is 0 Å². The summed E-state index contributed by atoms with van der Waals surface area (Å²) in [5.74, 6) is 1.51. The number of fused-ring (bicyclic) bond motifs is 3. The normalized spacial score (nSPS) is 16.9. The Bertz CT molecular complexity index is 1470. The summed E-state index contributed by atoms with van der Waals surface area (Å²) in [7, 11) is 0. The molecule has 1 aliphatic carbocycles. The van der Waals surface area contributed by atoms with Gasteiger partial charge in [0.2, 0.25) is 0 Å². The molecule has 0 spiro atoms. The number of hydrogen-bond acceptors (Lipinski definition) is 8. The molecular weight excluding hydrogens is 472 g/mol. The molecule has 7 rings (SSSR count). The molecule has 4 aromatic rings. The SMILES string of the molecule is O=C(Nc1cccc2c1OCCn1cnnc1-2)c1cc(-n2cnc(C3CC3)c2)c(N2CCOCC2)cn1. The lowest BCUT2D eigenvalue weighted by atomic mass is 10.1. The van der Waals surface area contributed by atoms with Crippen molar-refractivity contribution < 1.29 is 14.3 Å². The van der Waals surface area contributed by atoms with Crippen LogP contribution in [0.4, 0.5) is 11.4 Å². The number of aromatic nitrogens is 6. The topological polar surface area (TPSA) is 112 Å². The summed E-state index contributed by atoms with van der Waals surface area (Å²) < 4.78 is 15.5. The van der Waals surface area contributed by atoms with Crippen LogP contribution >= 0.6 is 0 Å². The van der Waals surface area contributed by atoms with Crippen LogP contribution in [0.15, 0.2) is 49.3 Å². The minimum atomic E-state index is -0.319. The fourth-order valence-corrected chi connectivity index (χ4v) is 4.90. The number of imidazole rings is 1. The van der Waals surface area contributed by atoms with Crippen molar-refractivity contribution in [2.24, 2.45) is 0 Å². The molecule has 3 aliphatic rings. The second kappa shape index (κ2) is 9.00. The largest absolute Gasteiger partial charge is 0.489 e. The molecule has 188 valence electrons. The van der Waals surface area contributed by atoms with Crippen molar-refractivity contribution in [1.29, 1.82) is 0 Å². The molecule has 1 saturated carbocycles. The van der Waals surface area contributed by atoms with Gasteiger partial charge in [0.25, 0.3) is 5.91 Å². The van der Waals surface area contributed by atoms with E-state index in [2.05, 4.69) is 36.6 Å². The van der Waals surface area contributed by atoms with E-state index < -0.39 is 0 Å².